The molecule has 0 fully saturated rings. The summed E-state index contributed by atoms with van der Waals surface area (Å²) in [4.78, 5) is 15.5. The van der Waals surface area contributed by atoms with E-state index in [0.717, 1.165) is 0 Å². The number of hydrogen-bond donors (Lipinski definition) is 1. The topological polar surface area (TPSA) is 68.0 Å². The highest BCUT2D eigenvalue weighted by Gasteiger charge is 2.11. The van der Waals surface area contributed by atoms with Gasteiger partial charge in [0.05, 0.1) is 17.1 Å². The van der Waals surface area contributed by atoms with Crippen molar-refractivity contribution in [2.75, 3.05) is 0 Å². The van der Waals surface area contributed by atoms with Gasteiger partial charge in [0.15, 0.2) is 0 Å². The summed E-state index contributed by atoms with van der Waals surface area (Å²) in [5.74, 6) is -0.345. The van der Waals surface area contributed by atoms with E-state index in [4.69, 9.17) is 23.2 Å². The first-order chi connectivity index (χ1) is 8.16. The van der Waals surface area contributed by atoms with Crippen LogP contribution in [0.3, 0.4) is 0 Å². The Hall–Kier alpha value is -1.59. The third-order valence-electron chi connectivity index (χ3n) is 1.99. The summed E-state index contributed by atoms with van der Waals surface area (Å²) in [5.41, 5.74) is 0.893. The van der Waals surface area contributed by atoms with E-state index in [0.29, 0.717) is 5.69 Å². The van der Waals surface area contributed by atoms with Crippen LogP contribution in [-0.2, 0) is 6.54 Å². The lowest BCUT2D eigenvalue weighted by Crippen LogP contribution is -2.23. The normalized spacial score (nSPS) is 10.2. The Bertz CT molecular complexity index is 528. The van der Waals surface area contributed by atoms with Crippen molar-refractivity contribution < 1.29 is 9.32 Å². The molecule has 0 aliphatic heterocycles. The van der Waals surface area contributed by atoms with Crippen LogP contribution < -0.4 is 5.32 Å². The van der Waals surface area contributed by atoms with Gasteiger partial charge in [-0.25, -0.2) is 4.98 Å². The fourth-order valence-corrected chi connectivity index (χ4v) is 1.53. The minimum atomic E-state index is -0.345. The molecule has 0 aromatic carbocycles. The lowest BCUT2D eigenvalue weighted by Gasteiger charge is -2.04. The Morgan fingerprint density at radius 3 is 3.00 bits per heavy atom. The third-order valence-corrected chi connectivity index (χ3v) is 2.50. The molecule has 0 saturated carbocycles. The first kappa shape index (κ1) is 11.9. The lowest BCUT2D eigenvalue weighted by atomic mass is 10.2. The average Bonchev–Trinajstić information content (AvgIpc) is 2.82. The highest BCUT2D eigenvalue weighted by atomic mass is 35.5. The van der Waals surface area contributed by atoms with Crippen LogP contribution in [-0.4, -0.2) is 16.0 Å². The van der Waals surface area contributed by atoms with Crippen molar-refractivity contribution in [2.45, 2.75) is 6.54 Å². The second kappa shape index (κ2) is 5.16. The molecule has 0 bridgehead atoms. The molecule has 0 unspecified atom stereocenters. The zero-order valence-electron chi connectivity index (χ0n) is 8.48. The molecule has 2 rings (SSSR count). The highest BCUT2D eigenvalue weighted by molar-refractivity contribution is 6.35. The van der Waals surface area contributed by atoms with Gasteiger partial charge in [-0.3, -0.25) is 4.79 Å². The van der Waals surface area contributed by atoms with Crippen molar-refractivity contribution in [3.05, 3.63) is 46.0 Å². The summed E-state index contributed by atoms with van der Waals surface area (Å²) in [7, 11) is 0. The highest BCUT2D eigenvalue weighted by Crippen LogP contribution is 2.17. The van der Waals surface area contributed by atoms with Gasteiger partial charge in [-0.15, -0.1) is 0 Å². The van der Waals surface area contributed by atoms with Crippen LogP contribution in [0.1, 0.15) is 16.1 Å². The molecule has 7 heteroatoms. The first-order valence-electron chi connectivity index (χ1n) is 4.65. The Morgan fingerprint density at radius 2 is 2.29 bits per heavy atom. The van der Waals surface area contributed by atoms with Crippen molar-refractivity contribution >= 4 is 29.1 Å². The molecule has 1 amide bonds. The van der Waals surface area contributed by atoms with E-state index in [9.17, 15) is 4.79 Å². The maximum absolute atomic E-state index is 11.8. The Labute approximate surface area is 107 Å². The van der Waals surface area contributed by atoms with Crippen LogP contribution in [0.5, 0.6) is 0 Å². The van der Waals surface area contributed by atoms with Crippen LogP contribution in [0.4, 0.5) is 0 Å². The Morgan fingerprint density at radius 1 is 1.47 bits per heavy atom. The maximum Gasteiger partial charge on any atom is 0.253 e. The van der Waals surface area contributed by atoms with Crippen LogP contribution in [0, 0.1) is 0 Å². The van der Waals surface area contributed by atoms with Crippen molar-refractivity contribution in [1.29, 1.82) is 0 Å². The number of carbonyl (C=O) groups is 1. The minimum Gasteiger partial charge on any atom is -0.364 e. The number of rotatable bonds is 3. The molecule has 0 spiro atoms. The molecular weight excluding hydrogens is 265 g/mol. The predicted molar refractivity (Wildman–Crippen MR) is 61.9 cm³/mol. The smallest absolute Gasteiger partial charge is 0.253 e. The van der Waals surface area contributed by atoms with E-state index in [2.05, 4.69) is 20.0 Å². The SMILES string of the molecule is O=C(NCc1ccon1)c1cc(Cl)ncc1Cl. The van der Waals surface area contributed by atoms with Gasteiger partial charge in [0.25, 0.3) is 5.91 Å². The van der Waals surface area contributed by atoms with Gasteiger partial charge < -0.3 is 9.84 Å². The number of amides is 1. The lowest BCUT2D eigenvalue weighted by molar-refractivity contribution is 0.0950. The van der Waals surface area contributed by atoms with Gasteiger partial charge in [-0.05, 0) is 6.07 Å². The first-order valence-corrected chi connectivity index (χ1v) is 5.41. The second-order valence-corrected chi connectivity index (χ2v) is 3.95. The monoisotopic (exact) mass is 271 g/mol. The van der Waals surface area contributed by atoms with Gasteiger partial charge in [-0.1, -0.05) is 28.4 Å². The molecule has 0 atom stereocenters. The Balaban J connectivity index is 2.07. The largest absolute Gasteiger partial charge is 0.364 e. The van der Waals surface area contributed by atoms with Crippen molar-refractivity contribution in [3.63, 3.8) is 0 Å². The summed E-state index contributed by atoms with van der Waals surface area (Å²) < 4.78 is 4.64. The average molecular weight is 272 g/mol. The van der Waals surface area contributed by atoms with E-state index in [1.807, 2.05) is 0 Å². The fraction of sp³-hybridized carbons (Fsp3) is 0.100. The zero-order chi connectivity index (χ0) is 12.3. The molecule has 17 heavy (non-hydrogen) atoms. The summed E-state index contributed by atoms with van der Waals surface area (Å²) in [6.45, 7) is 0.256. The third kappa shape index (κ3) is 2.95. The van der Waals surface area contributed by atoms with Crippen LogP contribution in [0.15, 0.2) is 29.1 Å². The van der Waals surface area contributed by atoms with Gasteiger partial charge >= 0.3 is 0 Å². The van der Waals surface area contributed by atoms with Crippen LogP contribution in [0.2, 0.25) is 10.2 Å². The predicted octanol–water partition coefficient (Wildman–Crippen LogP) is 2.31. The van der Waals surface area contributed by atoms with Gasteiger partial charge in [0.1, 0.15) is 17.1 Å². The zero-order valence-corrected chi connectivity index (χ0v) is 10.00. The number of nitrogens with one attached hydrogen (secondary N) is 1. The fourth-order valence-electron chi connectivity index (χ4n) is 1.18. The molecule has 88 valence electrons. The van der Waals surface area contributed by atoms with E-state index < -0.39 is 0 Å². The number of halogens is 2. The Kier molecular flexibility index (Phi) is 3.61. The number of carbonyl (C=O) groups excluding carboxylic acids is 1. The molecule has 0 saturated heterocycles. The van der Waals surface area contributed by atoms with Gasteiger partial charge in [-0.2, -0.15) is 0 Å². The standard InChI is InChI=1S/C10H7Cl2N3O2/c11-8-5-13-9(12)3-7(8)10(16)14-4-6-1-2-17-15-6/h1-3,5H,4H2,(H,14,16). The number of hydrogen-bond acceptors (Lipinski definition) is 4. The van der Waals surface area contributed by atoms with Crippen molar-refractivity contribution in [1.82, 2.24) is 15.5 Å². The molecule has 2 aromatic heterocycles. The molecular formula is C10H7Cl2N3O2. The number of pyridine rings is 1. The van der Waals surface area contributed by atoms with E-state index >= 15 is 0 Å². The molecule has 5 nitrogen and oxygen atoms in total. The van der Waals surface area contributed by atoms with Gasteiger partial charge in [0.2, 0.25) is 0 Å². The molecule has 1 N–H and O–H groups in total. The number of aromatic nitrogens is 2. The van der Waals surface area contributed by atoms with E-state index in [-0.39, 0.29) is 28.2 Å². The maximum atomic E-state index is 11.8. The van der Waals surface area contributed by atoms with E-state index in [1.165, 1.54) is 18.5 Å². The van der Waals surface area contributed by atoms with Gasteiger partial charge in [0, 0.05) is 12.3 Å². The van der Waals surface area contributed by atoms with E-state index in [1.54, 1.807) is 6.07 Å². The summed E-state index contributed by atoms with van der Waals surface area (Å²) in [6.07, 6.45) is 2.76. The van der Waals surface area contributed by atoms with Crippen molar-refractivity contribution in [2.24, 2.45) is 0 Å². The summed E-state index contributed by atoms with van der Waals surface area (Å²) >= 11 is 11.5. The van der Waals surface area contributed by atoms with Crippen LogP contribution >= 0.6 is 23.2 Å². The summed E-state index contributed by atoms with van der Waals surface area (Å²) in [5, 5.41) is 6.75. The minimum absolute atomic E-state index is 0.209. The number of nitrogens with zero attached hydrogens (tertiary/aromatic N) is 2. The van der Waals surface area contributed by atoms with Crippen LogP contribution in [0.25, 0.3) is 0 Å². The second-order valence-electron chi connectivity index (χ2n) is 3.16. The molecule has 2 heterocycles. The summed E-state index contributed by atoms with van der Waals surface area (Å²) in [6, 6.07) is 3.06. The molecule has 0 aliphatic rings. The van der Waals surface area contributed by atoms with Crippen molar-refractivity contribution in [3.8, 4) is 0 Å². The molecule has 0 radical (unpaired) electrons. The molecule has 0 aliphatic carbocycles. The molecule has 2 aromatic rings. The quantitative estimate of drug-likeness (QED) is 0.870.